The molecule has 0 aliphatic heterocycles. The summed E-state index contributed by atoms with van der Waals surface area (Å²) in [5, 5.41) is 6.71. The molecule has 228 valence electrons. The summed E-state index contributed by atoms with van der Waals surface area (Å²) in [6.07, 6.45) is 0. The summed E-state index contributed by atoms with van der Waals surface area (Å²) in [5.74, 6) is 0.725. The van der Waals surface area contributed by atoms with Crippen LogP contribution in [0.3, 0.4) is 0 Å². The molecular formula is C45H27N3O. The van der Waals surface area contributed by atoms with E-state index >= 15 is 0 Å². The van der Waals surface area contributed by atoms with Crippen LogP contribution in [0.2, 0.25) is 0 Å². The standard InChI is InChI=1S/C45H27N3O/c1-2-10-32(11-3-1)45-47-38-16-8-6-14-35(38)42(48-45)30-22-18-28(19-23-30)29-20-24-31(25-21-29)43-44-41(36-15-7-9-17-40(36)49-44)37-26-33-12-4-5-13-34(33)27-39(37)46-43/h1-27H. The maximum atomic E-state index is 6.52. The zero-order chi connectivity index (χ0) is 32.3. The van der Waals surface area contributed by atoms with E-state index in [0.29, 0.717) is 0 Å². The van der Waals surface area contributed by atoms with Crippen molar-refractivity contribution in [3.8, 4) is 45.0 Å². The van der Waals surface area contributed by atoms with Gasteiger partial charge < -0.3 is 4.42 Å². The van der Waals surface area contributed by atoms with Crippen molar-refractivity contribution in [3.05, 3.63) is 164 Å². The number of furan rings is 1. The molecule has 0 atom stereocenters. The Kier molecular flexibility index (Phi) is 6.15. The molecule has 10 rings (SSSR count). The van der Waals surface area contributed by atoms with Crippen molar-refractivity contribution >= 4 is 54.5 Å². The van der Waals surface area contributed by atoms with E-state index < -0.39 is 0 Å². The monoisotopic (exact) mass is 625 g/mol. The lowest BCUT2D eigenvalue weighted by Gasteiger charge is -2.11. The third-order valence-corrected chi connectivity index (χ3v) is 9.46. The van der Waals surface area contributed by atoms with Crippen LogP contribution in [0.15, 0.2) is 168 Å². The van der Waals surface area contributed by atoms with E-state index in [1.165, 1.54) is 10.8 Å². The largest absolute Gasteiger partial charge is 0.454 e. The molecule has 7 aromatic carbocycles. The van der Waals surface area contributed by atoms with Gasteiger partial charge in [-0.05, 0) is 46.2 Å². The van der Waals surface area contributed by atoms with E-state index in [0.717, 1.165) is 88.8 Å². The Bertz CT molecular complexity index is 2860. The van der Waals surface area contributed by atoms with Crippen molar-refractivity contribution < 1.29 is 4.42 Å². The molecule has 0 N–H and O–H groups in total. The number of benzene rings is 7. The number of hydrogen-bond acceptors (Lipinski definition) is 4. The Balaban J connectivity index is 1.05. The molecule has 0 radical (unpaired) electrons. The summed E-state index contributed by atoms with van der Waals surface area (Å²) in [4.78, 5) is 15.1. The SMILES string of the molecule is c1ccc(-c2nc(-c3ccc(-c4ccc(-c5nc6cc7ccccc7cc6c6c5oc5ccccc56)cc4)cc3)c3ccccc3n2)cc1. The highest BCUT2D eigenvalue weighted by molar-refractivity contribution is 6.22. The summed E-state index contributed by atoms with van der Waals surface area (Å²) in [6.45, 7) is 0. The van der Waals surface area contributed by atoms with Gasteiger partial charge in [-0.2, -0.15) is 0 Å². The molecule has 10 aromatic rings. The zero-order valence-corrected chi connectivity index (χ0v) is 26.3. The van der Waals surface area contributed by atoms with E-state index in [4.69, 9.17) is 19.4 Å². The van der Waals surface area contributed by atoms with Gasteiger partial charge in [0.15, 0.2) is 11.4 Å². The molecule has 0 amide bonds. The van der Waals surface area contributed by atoms with E-state index in [2.05, 4.69) is 121 Å². The Labute approximate surface area is 282 Å². The number of pyridine rings is 1. The van der Waals surface area contributed by atoms with Crippen molar-refractivity contribution in [1.29, 1.82) is 0 Å². The highest BCUT2D eigenvalue weighted by Gasteiger charge is 2.18. The fourth-order valence-electron chi connectivity index (χ4n) is 7.02. The Hall–Kier alpha value is -6.65. The fourth-order valence-corrected chi connectivity index (χ4v) is 7.02. The minimum atomic E-state index is 0.725. The van der Waals surface area contributed by atoms with Gasteiger partial charge in [-0.3, -0.25) is 0 Å². The van der Waals surface area contributed by atoms with Crippen LogP contribution in [-0.4, -0.2) is 15.0 Å². The smallest absolute Gasteiger partial charge is 0.162 e. The minimum Gasteiger partial charge on any atom is -0.454 e. The molecular weight excluding hydrogens is 599 g/mol. The van der Waals surface area contributed by atoms with Crippen LogP contribution in [0, 0.1) is 0 Å². The van der Waals surface area contributed by atoms with Crippen LogP contribution in [0.1, 0.15) is 0 Å². The van der Waals surface area contributed by atoms with Gasteiger partial charge in [-0.15, -0.1) is 0 Å². The highest BCUT2D eigenvalue weighted by atomic mass is 16.3. The normalized spacial score (nSPS) is 11.7. The van der Waals surface area contributed by atoms with E-state index in [9.17, 15) is 0 Å². The Morgan fingerprint density at radius 1 is 0.367 bits per heavy atom. The second kappa shape index (κ2) is 11.0. The second-order valence-electron chi connectivity index (χ2n) is 12.4. The number of nitrogens with zero attached hydrogens (tertiary/aromatic N) is 3. The van der Waals surface area contributed by atoms with E-state index in [1.807, 2.05) is 42.5 Å². The van der Waals surface area contributed by atoms with Crippen molar-refractivity contribution in [3.63, 3.8) is 0 Å². The average molecular weight is 626 g/mol. The number of hydrogen-bond donors (Lipinski definition) is 0. The van der Waals surface area contributed by atoms with Gasteiger partial charge in [0.05, 0.1) is 16.7 Å². The Morgan fingerprint density at radius 2 is 0.959 bits per heavy atom. The van der Waals surface area contributed by atoms with Gasteiger partial charge in [0, 0.05) is 38.2 Å². The summed E-state index contributed by atoms with van der Waals surface area (Å²) in [5.41, 5.74) is 10.7. The minimum absolute atomic E-state index is 0.725. The van der Waals surface area contributed by atoms with Crippen molar-refractivity contribution in [1.82, 2.24) is 15.0 Å². The molecule has 0 spiro atoms. The van der Waals surface area contributed by atoms with Gasteiger partial charge in [-0.1, -0.05) is 140 Å². The van der Waals surface area contributed by atoms with Crippen molar-refractivity contribution in [2.45, 2.75) is 0 Å². The number of para-hydroxylation sites is 2. The van der Waals surface area contributed by atoms with Gasteiger partial charge in [0.25, 0.3) is 0 Å². The van der Waals surface area contributed by atoms with Crippen LogP contribution in [0.25, 0.3) is 99.5 Å². The van der Waals surface area contributed by atoms with Gasteiger partial charge in [-0.25, -0.2) is 15.0 Å². The summed E-state index contributed by atoms with van der Waals surface area (Å²) < 4.78 is 6.52. The molecule has 0 aliphatic rings. The average Bonchev–Trinajstić information content (AvgIpc) is 3.57. The topological polar surface area (TPSA) is 51.8 Å². The van der Waals surface area contributed by atoms with E-state index in [1.54, 1.807) is 0 Å². The number of fused-ring (bicyclic) bond motifs is 7. The third kappa shape index (κ3) is 4.57. The summed E-state index contributed by atoms with van der Waals surface area (Å²) >= 11 is 0. The molecule has 49 heavy (non-hydrogen) atoms. The van der Waals surface area contributed by atoms with Crippen LogP contribution < -0.4 is 0 Å². The fraction of sp³-hybridized carbons (Fsp3) is 0. The lowest BCUT2D eigenvalue weighted by Crippen LogP contribution is -1.95. The van der Waals surface area contributed by atoms with Crippen molar-refractivity contribution in [2.24, 2.45) is 0 Å². The molecule has 0 aliphatic carbocycles. The van der Waals surface area contributed by atoms with Crippen LogP contribution in [-0.2, 0) is 0 Å². The van der Waals surface area contributed by atoms with E-state index in [-0.39, 0.29) is 0 Å². The van der Waals surface area contributed by atoms with Gasteiger partial charge in [0.2, 0.25) is 0 Å². The lowest BCUT2D eigenvalue weighted by atomic mass is 9.98. The molecule has 0 saturated heterocycles. The maximum Gasteiger partial charge on any atom is 0.162 e. The number of rotatable bonds is 4. The second-order valence-corrected chi connectivity index (χ2v) is 12.4. The molecule has 3 aromatic heterocycles. The predicted molar refractivity (Wildman–Crippen MR) is 201 cm³/mol. The van der Waals surface area contributed by atoms with Gasteiger partial charge >= 0.3 is 0 Å². The molecule has 0 bridgehead atoms. The van der Waals surface area contributed by atoms with Crippen LogP contribution in [0.4, 0.5) is 0 Å². The Morgan fingerprint density at radius 3 is 1.71 bits per heavy atom. The molecule has 0 unspecified atom stereocenters. The quantitative estimate of drug-likeness (QED) is 0.183. The van der Waals surface area contributed by atoms with Crippen LogP contribution >= 0.6 is 0 Å². The summed E-state index contributed by atoms with van der Waals surface area (Å²) in [7, 11) is 0. The molecule has 3 heterocycles. The molecule has 0 saturated carbocycles. The third-order valence-electron chi connectivity index (χ3n) is 9.46. The predicted octanol–water partition coefficient (Wildman–Crippen LogP) is 11.9. The maximum absolute atomic E-state index is 6.52. The van der Waals surface area contributed by atoms with Gasteiger partial charge in [0.1, 0.15) is 11.3 Å². The lowest BCUT2D eigenvalue weighted by molar-refractivity contribution is 0.669. The molecule has 4 heteroatoms. The first-order valence-corrected chi connectivity index (χ1v) is 16.4. The molecule has 0 fully saturated rings. The summed E-state index contributed by atoms with van der Waals surface area (Å²) in [6, 6.07) is 56.8. The van der Waals surface area contributed by atoms with Crippen LogP contribution in [0.5, 0.6) is 0 Å². The zero-order valence-electron chi connectivity index (χ0n) is 26.3. The molecule has 4 nitrogen and oxygen atoms in total. The number of aromatic nitrogens is 3. The first-order chi connectivity index (χ1) is 24.3. The first-order valence-electron chi connectivity index (χ1n) is 16.4. The van der Waals surface area contributed by atoms with Crippen molar-refractivity contribution in [2.75, 3.05) is 0 Å². The highest BCUT2D eigenvalue weighted by Crippen LogP contribution is 2.41. The first kappa shape index (κ1) is 27.5.